The van der Waals surface area contributed by atoms with Crippen molar-refractivity contribution in [1.29, 1.82) is 0 Å². The highest BCUT2D eigenvalue weighted by Crippen LogP contribution is 2.19. The molecule has 1 aliphatic rings. The summed E-state index contributed by atoms with van der Waals surface area (Å²) >= 11 is 0. The quantitative estimate of drug-likeness (QED) is 0.814. The van der Waals surface area contributed by atoms with E-state index >= 15 is 0 Å². The highest BCUT2D eigenvalue weighted by molar-refractivity contribution is 5.78. The third-order valence-electron chi connectivity index (χ3n) is 3.16. The molecule has 1 fully saturated rings. The predicted molar refractivity (Wildman–Crippen MR) is 72.1 cm³/mol. The lowest BCUT2D eigenvalue weighted by Crippen LogP contribution is -2.32. The number of rotatable bonds is 4. The van der Waals surface area contributed by atoms with Crippen LogP contribution in [0.15, 0.2) is 24.3 Å². The number of anilines is 1. The molecule has 1 amide bonds. The third-order valence-corrected chi connectivity index (χ3v) is 3.16. The highest BCUT2D eigenvalue weighted by atomic mass is 16.5. The van der Waals surface area contributed by atoms with Crippen LogP contribution in [0.25, 0.3) is 0 Å². The van der Waals surface area contributed by atoms with Crippen LogP contribution in [-0.4, -0.2) is 44.6 Å². The van der Waals surface area contributed by atoms with Crippen LogP contribution < -0.4 is 9.64 Å². The first-order valence-electron chi connectivity index (χ1n) is 6.35. The van der Waals surface area contributed by atoms with E-state index in [9.17, 15) is 4.79 Å². The summed E-state index contributed by atoms with van der Waals surface area (Å²) in [6.07, 6.45) is 2.23. The van der Waals surface area contributed by atoms with Crippen molar-refractivity contribution < 1.29 is 9.53 Å². The van der Waals surface area contributed by atoms with E-state index in [1.165, 1.54) is 0 Å². The van der Waals surface area contributed by atoms with E-state index in [1.807, 2.05) is 48.2 Å². The largest absolute Gasteiger partial charge is 0.484 e. The fourth-order valence-electron chi connectivity index (χ4n) is 2.05. The monoisotopic (exact) mass is 248 g/mol. The Kier molecular flexibility index (Phi) is 4.07. The molecule has 2 rings (SSSR count). The van der Waals surface area contributed by atoms with Gasteiger partial charge in [-0.2, -0.15) is 0 Å². The molecule has 0 bridgehead atoms. The number of nitrogens with zero attached hydrogens (tertiary/aromatic N) is 2. The summed E-state index contributed by atoms with van der Waals surface area (Å²) in [7, 11) is 3.96. The van der Waals surface area contributed by atoms with Gasteiger partial charge in [-0.15, -0.1) is 0 Å². The van der Waals surface area contributed by atoms with Gasteiger partial charge in [0.1, 0.15) is 5.75 Å². The smallest absolute Gasteiger partial charge is 0.260 e. The SMILES string of the molecule is CN(C)c1cccc(OCC(=O)N2CCCC2)c1. The molecule has 1 aliphatic heterocycles. The third kappa shape index (κ3) is 3.15. The zero-order chi connectivity index (χ0) is 13.0. The Morgan fingerprint density at radius 1 is 1.33 bits per heavy atom. The average molecular weight is 248 g/mol. The topological polar surface area (TPSA) is 32.8 Å². The molecular formula is C14H20N2O2. The second kappa shape index (κ2) is 5.76. The molecule has 0 unspecified atom stereocenters. The van der Waals surface area contributed by atoms with Crippen LogP contribution in [0.1, 0.15) is 12.8 Å². The first-order chi connectivity index (χ1) is 8.66. The summed E-state index contributed by atoms with van der Waals surface area (Å²) < 4.78 is 5.55. The maximum absolute atomic E-state index is 11.8. The first kappa shape index (κ1) is 12.7. The van der Waals surface area contributed by atoms with E-state index in [2.05, 4.69) is 0 Å². The molecule has 0 atom stereocenters. The molecule has 1 heterocycles. The van der Waals surface area contributed by atoms with Gasteiger partial charge in [-0.3, -0.25) is 4.79 Å². The summed E-state index contributed by atoms with van der Waals surface area (Å²) in [5.74, 6) is 0.830. The normalized spacial score (nSPS) is 14.7. The zero-order valence-electron chi connectivity index (χ0n) is 11.1. The van der Waals surface area contributed by atoms with E-state index in [-0.39, 0.29) is 12.5 Å². The van der Waals surface area contributed by atoms with Crippen LogP contribution in [0.5, 0.6) is 5.75 Å². The van der Waals surface area contributed by atoms with Gasteiger partial charge in [0.05, 0.1) is 0 Å². The Bertz CT molecular complexity index is 412. The van der Waals surface area contributed by atoms with Crippen LogP contribution >= 0.6 is 0 Å². The lowest BCUT2D eigenvalue weighted by Gasteiger charge is -2.17. The van der Waals surface area contributed by atoms with Gasteiger partial charge in [-0.25, -0.2) is 0 Å². The molecule has 1 saturated heterocycles. The van der Waals surface area contributed by atoms with Crippen LogP contribution in [0.4, 0.5) is 5.69 Å². The molecule has 98 valence electrons. The summed E-state index contributed by atoms with van der Waals surface area (Å²) in [6.45, 7) is 1.89. The maximum Gasteiger partial charge on any atom is 0.260 e. The molecule has 1 aromatic rings. The Labute approximate surface area is 108 Å². The Morgan fingerprint density at radius 3 is 2.72 bits per heavy atom. The van der Waals surface area contributed by atoms with Gasteiger partial charge in [-0.1, -0.05) is 6.07 Å². The molecule has 0 aromatic heterocycles. The zero-order valence-corrected chi connectivity index (χ0v) is 11.1. The molecule has 0 N–H and O–H groups in total. The van der Waals surface area contributed by atoms with Gasteiger partial charge in [0, 0.05) is 38.9 Å². The molecule has 0 spiro atoms. The van der Waals surface area contributed by atoms with Crippen molar-refractivity contribution in [3.8, 4) is 5.75 Å². The second-order valence-electron chi connectivity index (χ2n) is 4.77. The molecular weight excluding hydrogens is 228 g/mol. The van der Waals surface area contributed by atoms with E-state index in [0.717, 1.165) is 37.4 Å². The van der Waals surface area contributed by atoms with Crippen molar-refractivity contribution in [2.24, 2.45) is 0 Å². The van der Waals surface area contributed by atoms with Crippen LogP contribution in [0, 0.1) is 0 Å². The molecule has 4 nitrogen and oxygen atoms in total. The lowest BCUT2D eigenvalue weighted by molar-refractivity contribution is -0.132. The lowest BCUT2D eigenvalue weighted by atomic mass is 10.3. The number of hydrogen-bond acceptors (Lipinski definition) is 3. The van der Waals surface area contributed by atoms with Gasteiger partial charge in [-0.05, 0) is 25.0 Å². The van der Waals surface area contributed by atoms with Crippen molar-refractivity contribution in [3.63, 3.8) is 0 Å². The highest BCUT2D eigenvalue weighted by Gasteiger charge is 2.18. The van der Waals surface area contributed by atoms with E-state index in [1.54, 1.807) is 0 Å². The molecule has 4 heteroatoms. The predicted octanol–water partition coefficient (Wildman–Crippen LogP) is 1.75. The number of carbonyl (C=O) groups excluding carboxylic acids is 1. The van der Waals surface area contributed by atoms with Gasteiger partial charge >= 0.3 is 0 Å². The maximum atomic E-state index is 11.8. The summed E-state index contributed by atoms with van der Waals surface area (Å²) in [5, 5.41) is 0. The summed E-state index contributed by atoms with van der Waals surface area (Å²) in [6, 6.07) is 7.77. The molecule has 1 aromatic carbocycles. The van der Waals surface area contributed by atoms with Crippen LogP contribution in [0.2, 0.25) is 0 Å². The number of hydrogen-bond donors (Lipinski definition) is 0. The minimum atomic E-state index is 0.0859. The van der Waals surface area contributed by atoms with Gasteiger partial charge in [0.2, 0.25) is 0 Å². The number of amides is 1. The van der Waals surface area contributed by atoms with Gasteiger partial charge in [0.15, 0.2) is 6.61 Å². The van der Waals surface area contributed by atoms with Crippen LogP contribution in [-0.2, 0) is 4.79 Å². The van der Waals surface area contributed by atoms with Crippen molar-refractivity contribution in [3.05, 3.63) is 24.3 Å². The van der Waals surface area contributed by atoms with Crippen molar-refractivity contribution in [2.45, 2.75) is 12.8 Å². The average Bonchev–Trinajstić information content (AvgIpc) is 2.90. The minimum absolute atomic E-state index is 0.0859. The minimum Gasteiger partial charge on any atom is -0.484 e. The summed E-state index contributed by atoms with van der Waals surface area (Å²) in [5.41, 5.74) is 1.07. The fourth-order valence-corrected chi connectivity index (χ4v) is 2.05. The molecule has 18 heavy (non-hydrogen) atoms. The van der Waals surface area contributed by atoms with Crippen LogP contribution in [0.3, 0.4) is 0 Å². The Hall–Kier alpha value is -1.71. The number of ether oxygens (including phenoxy) is 1. The van der Waals surface area contributed by atoms with E-state index < -0.39 is 0 Å². The molecule has 0 saturated carbocycles. The first-order valence-corrected chi connectivity index (χ1v) is 6.35. The Morgan fingerprint density at radius 2 is 2.06 bits per heavy atom. The van der Waals surface area contributed by atoms with Crippen molar-refractivity contribution in [1.82, 2.24) is 4.90 Å². The Balaban J connectivity index is 1.89. The summed E-state index contributed by atoms with van der Waals surface area (Å²) in [4.78, 5) is 15.7. The van der Waals surface area contributed by atoms with Gasteiger partial charge in [0.25, 0.3) is 5.91 Å². The van der Waals surface area contributed by atoms with Crippen molar-refractivity contribution in [2.75, 3.05) is 38.7 Å². The van der Waals surface area contributed by atoms with E-state index in [0.29, 0.717) is 0 Å². The number of carbonyl (C=O) groups is 1. The molecule has 0 aliphatic carbocycles. The standard InChI is InChI=1S/C14H20N2O2/c1-15(2)12-6-5-7-13(10-12)18-11-14(17)16-8-3-4-9-16/h5-7,10H,3-4,8-9,11H2,1-2H3. The van der Waals surface area contributed by atoms with E-state index in [4.69, 9.17) is 4.74 Å². The van der Waals surface area contributed by atoms with Gasteiger partial charge < -0.3 is 14.5 Å². The second-order valence-corrected chi connectivity index (χ2v) is 4.77. The number of benzene rings is 1. The number of likely N-dealkylation sites (tertiary alicyclic amines) is 1. The molecule has 0 radical (unpaired) electrons. The van der Waals surface area contributed by atoms with Crippen molar-refractivity contribution >= 4 is 11.6 Å². The fraction of sp³-hybridized carbons (Fsp3) is 0.500.